The van der Waals surface area contributed by atoms with E-state index in [0.717, 1.165) is 42.5 Å². The molecule has 8 heteroatoms. The van der Waals surface area contributed by atoms with Gasteiger partial charge in [-0.2, -0.15) is 10.4 Å². The largest absolute Gasteiger partial charge is 0.466 e. The van der Waals surface area contributed by atoms with Crippen molar-refractivity contribution in [3.8, 4) is 6.07 Å². The predicted octanol–water partition coefficient (Wildman–Crippen LogP) is 3.59. The first-order valence-electron chi connectivity index (χ1n) is 11.7. The molecule has 0 radical (unpaired) electrons. The molecule has 4 rings (SSSR count). The molecule has 0 unspecified atom stereocenters. The Kier molecular flexibility index (Phi) is 7.07. The SMILES string of the molecule is CCOC(=O)C1CCC(CC(=O)N2CCc3c(C#N)nn(Cc4ccc(F)cc4)c3C2)CC1. The zero-order chi connectivity index (χ0) is 23.4. The van der Waals surface area contributed by atoms with Crippen LogP contribution in [-0.4, -0.2) is 39.7 Å². The molecule has 33 heavy (non-hydrogen) atoms. The minimum atomic E-state index is -0.299. The summed E-state index contributed by atoms with van der Waals surface area (Å²) in [5.41, 5.74) is 3.06. The molecular formula is C25H29FN4O3. The topological polar surface area (TPSA) is 88.2 Å². The average Bonchev–Trinajstić information content (AvgIpc) is 3.18. The van der Waals surface area contributed by atoms with Crippen molar-refractivity contribution in [1.29, 1.82) is 5.26 Å². The summed E-state index contributed by atoms with van der Waals surface area (Å²) in [6.45, 7) is 3.63. The molecular weight excluding hydrogens is 423 g/mol. The highest BCUT2D eigenvalue weighted by Gasteiger charge is 2.31. The number of halogens is 1. The molecule has 0 spiro atoms. The first kappa shape index (κ1) is 23.0. The van der Waals surface area contributed by atoms with E-state index < -0.39 is 0 Å². The summed E-state index contributed by atoms with van der Waals surface area (Å²) in [4.78, 5) is 26.9. The van der Waals surface area contributed by atoms with E-state index in [-0.39, 0.29) is 29.5 Å². The number of aromatic nitrogens is 2. The van der Waals surface area contributed by atoms with Crippen LogP contribution in [0.1, 0.15) is 61.5 Å². The third-order valence-corrected chi connectivity index (χ3v) is 6.77. The molecule has 0 N–H and O–H groups in total. The monoisotopic (exact) mass is 452 g/mol. The second-order valence-electron chi connectivity index (χ2n) is 8.91. The molecule has 2 aromatic rings. The normalized spacial score (nSPS) is 20.1. The first-order valence-corrected chi connectivity index (χ1v) is 11.7. The quantitative estimate of drug-likeness (QED) is 0.625. The van der Waals surface area contributed by atoms with Gasteiger partial charge in [0.25, 0.3) is 0 Å². The second kappa shape index (κ2) is 10.2. The molecule has 1 aliphatic heterocycles. The van der Waals surface area contributed by atoms with Gasteiger partial charge in [0.05, 0.1) is 31.3 Å². The Bertz CT molecular complexity index is 1050. The van der Waals surface area contributed by atoms with E-state index in [4.69, 9.17) is 4.74 Å². The van der Waals surface area contributed by atoms with Gasteiger partial charge in [0.15, 0.2) is 5.69 Å². The van der Waals surface area contributed by atoms with Gasteiger partial charge in [-0.15, -0.1) is 0 Å². The summed E-state index contributed by atoms with van der Waals surface area (Å²) in [5, 5.41) is 14.0. The van der Waals surface area contributed by atoms with Gasteiger partial charge in [-0.05, 0) is 62.6 Å². The van der Waals surface area contributed by atoms with Crippen molar-refractivity contribution in [2.45, 2.75) is 58.5 Å². The maximum atomic E-state index is 13.3. The molecule has 1 aliphatic carbocycles. The van der Waals surface area contributed by atoms with Gasteiger partial charge < -0.3 is 9.64 Å². The average molecular weight is 453 g/mol. The van der Waals surface area contributed by atoms with E-state index in [1.54, 1.807) is 16.8 Å². The number of hydrogen-bond acceptors (Lipinski definition) is 5. The summed E-state index contributed by atoms with van der Waals surface area (Å²) in [5.74, 6) is -0.0729. The highest BCUT2D eigenvalue weighted by molar-refractivity contribution is 5.77. The summed E-state index contributed by atoms with van der Waals surface area (Å²) >= 11 is 0. The number of rotatable bonds is 6. The molecule has 1 aromatic carbocycles. The molecule has 0 bridgehead atoms. The van der Waals surface area contributed by atoms with Gasteiger partial charge in [-0.1, -0.05) is 12.1 Å². The van der Waals surface area contributed by atoms with Crippen LogP contribution in [0.25, 0.3) is 0 Å². The van der Waals surface area contributed by atoms with Crippen LogP contribution in [0.3, 0.4) is 0 Å². The number of carbonyl (C=O) groups excluding carboxylic acids is 2. The van der Waals surface area contributed by atoms with Crippen molar-refractivity contribution in [3.05, 3.63) is 52.6 Å². The molecule has 2 heterocycles. The lowest BCUT2D eigenvalue weighted by Crippen LogP contribution is -2.38. The molecule has 1 amide bonds. The highest BCUT2D eigenvalue weighted by Crippen LogP contribution is 2.33. The molecule has 2 aliphatic rings. The van der Waals surface area contributed by atoms with Crippen LogP contribution in [0.4, 0.5) is 4.39 Å². The zero-order valence-corrected chi connectivity index (χ0v) is 18.9. The van der Waals surface area contributed by atoms with Crippen molar-refractivity contribution in [2.24, 2.45) is 11.8 Å². The minimum Gasteiger partial charge on any atom is -0.466 e. The van der Waals surface area contributed by atoms with Gasteiger partial charge in [0.1, 0.15) is 11.9 Å². The van der Waals surface area contributed by atoms with Crippen molar-refractivity contribution < 1.29 is 18.7 Å². The number of carbonyl (C=O) groups is 2. The maximum absolute atomic E-state index is 13.3. The fraction of sp³-hybridized carbons (Fsp3) is 0.520. The van der Waals surface area contributed by atoms with Crippen molar-refractivity contribution in [1.82, 2.24) is 14.7 Å². The number of ether oxygens (including phenoxy) is 1. The number of esters is 1. The summed E-state index contributed by atoms with van der Waals surface area (Å²) in [6, 6.07) is 8.39. The lowest BCUT2D eigenvalue weighted by Gasteiger charge is -2.31. The molecule has 1 aromatic heterocycles. The van der Waals surface area contributed by atoms with E-state index in [1.807, 2.05) is 11.8 Å². The third kappa shape index (κ3) is 5.24. The summed E-state index contributed by atoms with van der Waals surface area (Å²) < 4.78 is 20.2. The van der Waals surface area contributed by atoms with Crippen molar-refractivity contribution >= 4 is 11.9 Å². The smallest absolute Gasteiger partial charge is 0.308 e. The number of nitrogens with zero attached hydrogens (tertiary/aromatic N) is 4. The van der Waals surface area contributed by atoms with Crippen LogP contribution in [0, 0.1) is 29.0 Å². The number of fused-ring (bicyclic) bond motifs is 1. The third-order valence-electron chi connectivity index (χ3n) is 6.77. The van der Waals surface area contributed by atoms with E-state index in [2.05, 4.69) is 11.2 Å². The van der Waals surface area contributed by atoms with E-state index in [9.17, 15) is 19.2 Å². The molecule has 7 nitrogen and oxygen atoms in total. The van der Waals surface area contributed by atoms with Crippen LogP contribution in [0.2, 0.25) is 0 Å². The summed E-state index contributed by atoms with van der Waals surface area (Å²) in [7, 11) is 0. The number of benzene rings is 1. The number of hydrogen-bond donors (Lipinski definition) is 0. The molecule has 1 saturated carbocycles. The standard InChI is InChI=1S/C25H29FN4O3/c1-2-33-25(32)19-7-3-17(4-8-19)13-24(31)29-12-11-21-22(14-27)28-30(23(21)16-29)15-18-5-9-20(26)10-6-18/h5-6,9-10,17,19H,2-4,7-8,11-13,15-16H2,1H3. The van der Waals surface area contributed by atoms with Crippen LogP contribution < -0.4 is 0 Å². The number of nitriles is 1. The first-order chi connectivity index (χ1) is 16.0. The summed E-state index contributed by atoms with van der Waals surface area (Å²) in [6.07, 6.45) is 4.34. The Morgan fingerprint density at radius 2 is 1.94 bits per heavy atom. The van der Waals surface area contributed by atoms with E-state index in [0.29, 0.717) is 44.8 Å². The van der Waals surface area contributed by atoms with Crippen molar-refractivity contribution in [2.75, 3.05) is 13.2 Å². The zero-order valence-electron chi connectivity index (χ0n) is 18.9. The van der Waals surface area contributed by atoms with E-state index >= 15 is 0 Å². The Morgan fingerprint density at radius 3 is 2.61 bits per heavy atom. The molecule has 174 valence electrons. The van der Waals surface area contributed by atoms with Gasteiger partial charge >= 0.3 is 5.97 Å². The van der Waals surface area contributed by atoms with Crippen LogP contribution >= 0.6 is 0 Å². The van der Waals surface area contributed by atoms with Gasteiger partial charge in [-0.3, -0.25) is 14.3 Å². The lowest BCUT2D eigenvalue weighted by molar-refractivity contribution is -0.149. The van der Waals surface area contributed by atoms with E-state index in [1.165, 1.54) is 12.1 Å². The Hall–Kier alpha value is -3.21. The molecule has 1 fully saturated rings. The maximum Gasteiger partial charge on any atom is 0.308 e. The highest BCUT2D eigenvalue weighted by atomic mass is 19.1. The van der Waals surface area contributed by atoms with Crippen molar-refractivity contribution in [3.63, 3.8) is 0 Å². The lowest BCUT2D eigenvalue weighted by atomic mass is 9.80. The van der Waals surface area contributed by atoms with Crippen LogP contribution in [0.15, 0.2) is 24.3 Å². The fourth-order valence-electron chi connectivity index (χ4n) is 4.91. The molecule has 0 atom stereocenters. The Balaban J connectivity index is 1.39. The van der Waals surface area contributed by atoms with Gasteiger partial charge in [0.2, 0.25) is 5.91 Å². The van der Waals surface area contributed by atoms with Gasteiger partial charge in [0, 0.05) is 18.5 Å². The van der Waals surface area contributed by atoms with Crippen LogP contribution in [0.5, 0.6) is 0 Å². The second-order valence-corrected chi connectivity index (χ2v) is 8.91. The fourth-order valence-corrected chi connectivity index (χ4v) is 4.91. The minimum absolute atomic E-state index is 0.0425. The molecule has 0 saturated heterocycles. The predicted molar refractivity (Wildman–Crippen MR) is 118 cm³/mol. The number of amides is 1. The Morgan fingerprint density at radius 1 is 1.21 bits per heavy atom. The van der Waals surface area contributed by atoms with Crippen LogP contribution in [-0.2, 0) is 33.8 Å². The Labute approximate surface area is 193 Å². The van der Waals surface area contributed by atoms with Gasteiger partial charge in [-0.25, -0.2) is 4.39 Å².